The zero-order chi connectivity index (χ0) is 16.3. The van der Waals surface area contributed by atoms with Crippen molar-refractivity contribution in [3.63, 3.8) is 0 Å². The maximum atomic E-state index is 12.4. The van der Waals surface area contributed by atoms with Crippen LogP contribution in [0.3, 0.4) is 0 Å². The highest BCUT2D eigenvalue weighted by molar-refractivity contribution is 7.91. The van der Waals surface area contributed by atoms with Crippen LogP contribution in [0.15, 0.2) is 35.2 Å². The number of ether oxygens (including phenoxy) is 1. The van der Waals surface area contributed by atoms with Crippen LogP contribution in [0, 0.1) is 0 Å². The molecule has 3 rings (SSSR count). The molecule has 0 aliphatic carbocycles. The summed E-state index contributed by atoms with van der Waals surface area (Å²) >= 11 is 0. The minimum atomic E-state index is -3.20. The Morgan fingerprint density at radius 2 is 1.83 bits per heavy atom. The molecule has 0 N–H and O–H groups in total. The number of rotatable bonds is 4. The van der Waals surface area contributed by atoms with Gasteiger partial charge in [-0.3, -0.25) is 9.80 Å². The SMILES string of the molecule is CN1CCN(CCS(=O)(=O)c2ccccc2)CC12CCOCC2. The minimum Gasteiger partial charge on any atom is -0.381 e. The van der Waals surface area contributed by atoms with Crippen molar-refractivity contribution in [1.82, 2.24) is 9.80 Å². The molecule has 1 aromatic rings. The third kappa shape index (κ3) is 3.76. The fourth-order valence-corrected chi connectivity index (χ4v) is 4.93. The van der Waals surface area contributed by atoms with E-state index in [-0.39, 0.29) is 11.3 Å². The lowest BCUT2D eigenvalue weighted by Crippen LogP contribution is -2.63. The van der Waals surface area contributed by atoms with Gasteiger partial charge in [0.05, 0.1) is 10.6 Å². The van der Waals surface area contributed by atoms with E-state index in [1.54, 1.807) is 24.3 Å². The molecule has 0 radical (unpaired) electrons. The van der Waals surface area contributed by atoms with Gasteiger partial charge in [0.1, 0.15) is 0 Å². The summed E-state index contributed by atoms with van der Waals surface area (Å²) in [5, 5.41) is 0. The van der Waals surface area contributed by atoms with Gasteiger partial charge in [-0.1, -0.05) is 18.2 Å². The molecule has 0 saturated carbocycles. The number of benzene rings is 1. The summed E-state index contributed by atoms with van der Waals surface area (Å²) < 4.78 is 30.4. The Labute approximate surface area is 139 Å². The first-order chi connectivity index (χ1) is 11.0. The van der Waals surface area contributed by atoms with Gasteiger partial charge < -0.3 is 4.74 Å². The first kappa shape index (κ1) is 16.9. The quantitative estimate of drug-likeness (QED) is 0.827. The van der Waals surface area contributed by atoms with Gasteiger partial charge in [-0.05, 0) is 32.0 Å². The second-order valence-electron chi connectivity index (χ2n) is 6.67. The average molecular weight is 338 g/mol. The highest BCUT2D eigenvalue weighted by Crippen LogP contribution is 2.30. The largest absolute Gasteiger partial charge is 0.381 e. The molecular formula is C17H26N2O3S. The molecule has 6 heteroatoms. The number of likely N-dealkylation sites (N-methyl/N-ethyl adjacent to an activating group) is 1. The molecule has 128 valence electrons. The van der Waals surface area contributed by atoms with Crippen LogP contribution in [0.4, 0.5) is 0 Å². The van der Waals surface area contributed by atoms with Crippen LogP contribution in [-0.4, -0.2) is 75.9 Å². The van der Waals surface area contributed by atoms with Crippen LogP contribution in [0.5, 0.6) is 0 Å². The molecule has 1 aromatic carbocycles. The minimum absolute atomic E-state index is 0.160. The van der Waals surface area contributed by atoms with Crippen molar-refractivity contribution in [2.75, 3.05) is 52.2 Å². The number of nitrogens with zero attached hydrogens (tertiary/aromatic N) is 2. The molecule has 2 fully saturated rings. The van der Waals surface area contributed by atoms with Crippen molar-refractivity contribution in [3.8, 4) is 0 Å². The number of hydrogen-bond donors (Lipinski definition) is 0. The van der Waals surface area contributed by atoms with Gasteiger partial charge in [0.15, 0.2) is 9.84 Å². The first-order valence-electron chi connectivity index (χ1n) is 8.31. The molecule has 2 saturated heterocycles. The van der Waals surface area contributed by atoms with Gasteiger partial charge in [0.25, 0.3) is 0 Å². The van der Waals surface area contributed by atoms with Gasteiger partial charge in [-0.15, -0.1) is 0 Å². The van der Waals surface area contributed by atoms with E-state index in [1.165, 1.54) is 0 Å². The van der Waals surface area contributed by atoms with Crippen molar-refractivity contribution < 1.29 is 13.2 Å². The Bertz CT molecular complexity index is 612. The predicted molar refractivity (Wildman–Crippen MR) is 90.3 cm³/mol. The molecule has 2 aliphatic heterocycles. The predicted octanol–water partition coefficient (Wildman–Crippen LogP) is 1.26. The number of sulfone groups is 1. The Morgan fingerprint density at radius 1 is 1.13 bits per heavy atom. The second-order valence-corrected chi connectivity index (χ2v) is 8.78. The molecule has 23 heavy (non-hydrogen) atoms. The van der Waals surface area contributed by atoms with Gasteiger partial charge >= 0.3 is 0 Å². The summed E-state index contributed by atoms with van der Waals surface area (Å²) in [5.41, 5.74) is 0.160. The lowest BCUT2D eigenvalue weighted by molar-refractivity contribution is -0.0594. The van der Waals surface area contributed by atoms with Crippen molar-refractivity contribution in [3.05, 3.63) is 30.3 Å². The van der Waals surface area contributed by atoms with E-state index in [0.29, 0.717) is 11.4 Å². The van der Waals surface area contributed by atoms with E-state index in [9.17, 15) is 8.42 Å². The standard InChI is InChI=1S/C17H26N2O3S/c1-18-9-10-19(15-17(18)7-12-22-13-8-17)11-14-23(20,21)16-5-3-2-4-6-16/h2-6H,7-15H2,1H3. The molecule has 0 unspecified atom stereocenters. The third-order valence-electron chi connectivity index (χ3n) is 5.28. The van der Waals surface area contributed by atoms with Crippen LogP contribution in [-0.2, 0) is 14.6 Å². The lowest BCUT2D eigenvalue weighted by Gasteiger charge is -2.51. The van der Waals surface area contributed by atoms with Crippen molar-refractivity contribution >= 4 is 9.84 Å². The summed E-state index contributed by atoms with van der Waals surface area (Å²) in [7, 11) is -1.01. The van der Waals surface area contributed by atoms with Crippen molar-refractivity contribution in [2.45, 2.75) is 23.3 Å². The molecule has 0 atom stereocenters. The zero-order valence-corrected chi connectivity index (χ0v) is 14.6. The summed E-state index contributed by atoms with van der Waals surface area (Å²) in [5.74, 6) is 0.188. The van der Waals surface area contributed by atoms with Gasteiger partial charge in [0.2, 0.25) is 0 Å². The van der Waals surface area contributed by atoms with E-state index < -0.39 is 9.84 Å². The first-order valence-corrected chi connectivity index (χ1v) is 9.96. The Balaban J connectivity index is 1.62. The van der Waals surface area contributed by atoms with E-state index >= 15 is 0 Å². The molecule has 2 heterocycles. The molecule has 0 bridgehead atoms. The van der Waals surface area contributed by atoms with Crippen LogP contribution in [0.25, 0.3) is 0 Å². The topological polar surface area (TPSA) is 49.9 Å². The smallest absolute Gasteiger partial charge is 0.179 e. The van der Waals surface area contributed by atoms with Crippen molar-refractivity contribution in [1.29, 1.82) is 0 Å². The molecule has 0 amide bonds. The maximum absolute atomic E-state index is 12.4. The van der Waals surface area contributed by atoms with Gasteiger partial charge in [-0.25, -0.2) is 8.42 Å². The molecule has 5 nitrogen and oxygen atoms in total. The summed E-state index contributed by atoms with van der Waals surface area (Å²) in [6.07, 6.45) is 2.07. The summed E-state index contributed by atoms with van der Waals surface area (Å²) in [6.45, 7) is 5.08. The van der Waals surface area contributed by atoms with E-state index in [0.717, 1.165) is 45.7 Å². The molecule has 2 aliphatic rings. The van der Waals surface area contributed by atoms with E-state index in [2.05, 4.69) is 16.8 Å². The lowest BCUT2D eigenvalue weighted by atomic mass is 9.86. The van der Waals surface area contributed by atoms with E-state index in [1.807, 2.05) is 6.07 Å². The van der Waals surface area contributed by atoms with Gasteiger partial charge in [-0.2, -0.15) is 0 Å². The average Bonchev–Trinajstić information content (AvgIpc) is 2.58. The van der Waals surface area contributed by atoms with Crippen LogP contribution >= 0.6 is 0 Å². The monoisotopic (exact) mass is 338 g/mol. The third-order valence-corrected chi connectivity index (χ3v) is 6.99. The fourth-order valence-electron chi connectivity index (χ4n) is 3.62. The van der Waals surface area contributed by atoms with Crippen LogP contribution < -0.4 is 0 Å². The Hall–Kier alpha value is -0.950. The Kier molecular flexibility index (Phi) is 5.06. The fraction of sp³-hybridized carbons (Fsp3) is 0.647. The number of piperazine rings is 1. The maximum Gasteiger partial charge on any atom is 0.179 e. The highest BCUT2D eigenvalue weighted by atomic mass is 32.2. The van der Waals surface area contributed by atoms with Crippen molar-refractivity contribution in [2.24, 2.45) is 0 Å². The normalized spacial score (nSPS) is 23.2. The molecule has 1 spiro atoms. The zero-order valence-electron chi connectivity index (χ0n) is 13.8. The van der Waals surface area contributed by atoms with Crippen LogP contribution in [0.2, 0.25) is 0 Å². The number of hydrogen-bond acceptors (Lipinski definition) is 5. The van der Waals surface area contributed by atoms with Crippen LogP contribution in [0.1, 0.15) is 12.8 Å². The summed E-state index contributed by atoms with van der Waals surface area (Å²) in [6, 6.07) is 8.76. The Morgan fingerprint density at radius 3 is 2.52 bits per heavy atom. The summed E-state index contributed by atoms with van der Waals surface area (Å²) in [4.78, 5) is 5.18. The van der Waals surface area contributed by atoms with E-state index in [4.69, 9.17) is 4.74 Å². The highest BCUT2D eigenvalue weighted by Gasteiger charge is 2.40. The van der Waals surface area contributed by atoms with Gasteiger partial charge in [0, 0.05) is 44.9 Å². The second kappa shape index (κ2) is 6.89. The molecular weight excluding hydrogens is 312 g/mol. The molecule has 0 aromatic heterocycles.